The second-order valence-electron chi connectivity index (χ2n) is 9.36. The van der Waals surface area contributed by atoms with E-state index in [-0.39, 0.29) is 16.9 Å². The third-order valence-electron chi connectivity index (χ3n) is 6.30. The number of aromatic nitrogens is 1. The Balaban J connectivity index is 1.66. The van der Waals surface area contributed by atoms with Gasteiger partial charge < -0.3 is 14.1 Å². The van der Waals surface area contributed by atoms with Crippen molar-refractivity contribution in [3.8, 4) is 0 Å². The van der Waals surface area contributed by atoms with E-state index in [1.54, 1.807) is 0 Å². The number of likely N-dealkylation sites (tertiary alicyclic amines) is 1. The zero-order valence-corrected chi connectivity index (χ0v) is 18.7. The predicted octanol–water partition coefficient (Wildman–Crippen LogP) is 5.80. The number of halogens is 2. The summed E-state index contributed by atoms with van der Waals surface area (Å²) in [7, 11) is 0. The van der Waals surface area contributed by atoms with Gasteiger partial charge in [-0.3, -0.25) is 0 Å². The molecule has 1 aromatic heterocycles. The maximum absolute atomic E-state index is 12.8. The molecule has 0 radical (unpaired) electrons. The van der Waals surface area contributed by atoms with Crippen LogP contribution in [-0.2, 0) is 16.6 Å². The van der Waals surface area contributed by atoms with Gasteiger partial charge >= 0.3 is 6.09 Å². The van der Waals surface area contributed by atoms with E-state index in [2.05, 4.69) is 11.1 Å². The smallest absolute Gasteiger partial charge is 0.410 e. The molecule has 29 heavy (non-hydrogen) atoms. The number of carbonyl (C=O) groups excluding carboxylic acids is 1. The van der Waals surface area contributed by atoms with E-state index in [4.69, 9.17) is 32.4 Å². The number of ether oxygens (including phenoxy) is 1. The van der Waals surface area contributed by atoms with Crippen LogP contribution >= 0.6 is 23.2 Å². The number of piperidine rings is 1. The summed E-state index contributed by atoms with van der Waals surface area (Å²) in [5.74, 6) is 0.873. The first-order chi connectivity index (χ1) is 13.6. The standard InChI is InChI=1S/C22H26Cl2N2O3/c1-14-18(28-13-25-14)10-21-11-22(21,15-5-6-16(23)17(24)9-15)7-8-26(12-21)19(27)29-20(2,3)4/h5-6,9,13H,7-8,10-12H2,1-4H3. The molecule has 4 rings (SSSR count). The Hall–Kier alpha value is -1.72. The Bertz CT molecular complexity index is 952. The molecule has 1 aromatic carbocycles. The zero-order chi connectivity index (χ0) is 21.0. The molecular formula is C22H26Cl2N2O3. The quantitative estimate of drug-likeness (QED) is 0.609. The molecule has 156 valence electrons. The topological polar surface area (TPSA) is 55.6 Å². The molecule has 0 N–H and O–H groups in total. The average Bonchev–Trinajstić information content (AvgIpc) is 3.14. The van der Waals surface area contributed by atoms with Crippen LogP contribution in [0.5, 0.6) is 0 Å². The van der Waals surface area contributed by atoms with E-state index in [0.29, 0.717) is 23.1 Å². The lowest BCUT2D eigenvalue weighted by atomic mass is 9.78. The highest BCUT2D eigenvalue weighted by molar-refractivity contribution is 6.42. The summed E-state index contributed by atoms with van der Waals surface area (Å²) in [5, 5.41) is 1.11. The number of hydrogen-bond donors (Lipinski definition) is 0. The molecule has 0 spiro atoms. The number of carbonyl (C=O) groups is 1. The largest absolute Gasteiger partial charge is 0.448 e. The molecule has 0 bridgehead atoms. The number of fused-ring (bicyclic) bond motifs is 1. The number of rotatable bonds is 3. The van der Waals surface area contributed by atoms with Crippen LogP contribution in [0.1, 0.15) is 50.6 Å². The minimum absolute atomic E-state index is 0.0566. The summed E-state index contributed by atoms with van der Waals surface area (Å²) >= 11 is 12.5. The van der Waals surface area contributed by atoms with Gasteiger partial charge in [-0.1, -0.05) is 29.3 Å². The van der Waals surface area contributed by atoms with Gasteiger partial charge in [-0.2, -0.15) is 0 Å². The molecule has 1 aliphatic heterocycles. The van der Waals surface area contributed by atoms with Gasteiger partial charge in [0.1, 0.15) is 11.4 Å². The molecule has 2 aliphatic rings. The number of hydrogen-bond acceptors (Lipinski definition) is 4. The molecule has 2 heterocycles. The Morgan fingerprint density at radius 1 is 1.31 bits per heavy atom. The predicted molar refractivity (Wildman–Crippen MR) is 113 cm³/mol. The van der Waals surface area contributed by atoms with Crippen LogP contribution in [0.15, 0.2) is 29.0 Å². The lowest BCUT2D eigenvalue weighted by Crippen LogP contribution is -2.47. The van der Waals surface area contributed by atoms with Gasteiger partial charge in [-0.15, -0.1) is 0 Å². The fraction of sp³-hybridized carbons (Fsp3) is 0.545. The highest BCUT2D eigenvalue weighted by Gasteiger charge is 2.70. The van der Waals surface area contributed by atoms with E-state index in [1.165, 1.54) is 12.0 Å². The second-order valence-corrected chi connectivity index (χ2v) is 10.2. The van der Waals surface area contributed by atoms with Crippen molar-refractivity contribution in [2.75, 3.05) is 13.1 Å². The summed E-state index contributed by atoms with van der Waals surface area (Å²) in [6.07, 6.45) is 3.74. The number of oxazole rings is 1. The lowest BCUT2D eigenvalue weighted by Gasteiger charge is -2.38. The van der Waals surface area contributed by atoms with Crippen molar-refractivity contribution in [1.82, 2.24) is 9.88 Å². The van der Waals surface area contributed by atoms with Gasteiger partial charge in [0.05, 0.1) is 15.7 Å². The third-order valence-corrected chi connectivity index (χ3v) is 7.04. The number of benzene rings is 1. The molecule has 7 heteroatoms. The molecule has 1 saturated carbocycles. The summed E-state index contributed by atoms with van der Waals surface area (Å²) in [6, 6.07) is 5.89. The number of aryl methyl sites for hydroxylation is 1. The Labute approximate surface area is 181 Å². The summed E-state index contributed by atoms with van der Waals surface area (Å²) in [6.45, 7) is 8.88. The average molecular weight is 437 g/mol. The maximum Gasteiger partial charge on any atom is 0.410 e. The van der Waals surface area contributed by atoms with E-state index >= 15 is 0 Å². The van der Waals surface area contributed by atoms with Crippen molar-refractivity contribution in [1.29, 1.82) is 0 Å². The number of nitrogens with zero attached hydrogens (tertiary/aromatic N) is 2. The molecule has 1 amide bonds. The SMILES string of the molecule is Cc1ncoc1CC12CN(C(=O)OC(C)(C)C)CCC1(c1ccc(Cl)c(Cl)c1)C2. The van der Waals surface area contributed by atoms with Crippen molar-refractivity contribution in [3.63, 3.8) is 0 Å². The van der Waals surface area contributed by atoms with Gasteiger partial charge in [-0.25, -0.2) is 9.78 Å². The second kappa shape index (κ2) is 6.92. The van der Waals surface area contributed by atoms with Crippen molar-refractivity contribution in [3.05, 3.63) is 51.7 Å². The van der Waals surface area contributed by atoms with E-state index in [9.17, 15) is 4.79 Å². The van der Waals surface area contributed by atoms with Crippen molar-refractivity contribution < 1.29 is 13.9 Å². The maximum atomic E-state index is 12.8. The Kier molecular flexibility index (Phi) is 4.90. The first-order valence-electron chi connectivity index (χ1n) is 9.88. The van der Waals surface area contributed by atoms with Crippen LogP contribution in [-0.4, -0.2) is 34.7 Å². The van der Waals surface area contributed by atoms with Gasteiger partial charge in [0, 0.05) is 30.3 Å². The van der Waals surface area contributed by atoms with Gasteiger partial charge in [0.15, 0.2) is 6.39 Å². The molecule has 2 aromatic rings. The van der Waals surface area contributed by atoms with Crippen LogP contribution < -0.4 is 0 Å². The molecule has 2 fully saturated rings. The van der Waals surface area contributed by atoms with Gasteiger partial charge in [0.2, 0.25) is 0 Å². The van der Waals surface area contributed by atoms with Crippen LogP contribution in [0.4, 0.5) is 4.79 Å². The van der Waals surface area contributed by atoms with E-state index < -0.39 is 5.60 Å². The summed E-state index contributed by atoms with van der Waals surface area (Å²) < 4.78 is 11.3. The van der Waals surface area contributed by atoms with Crippen LogP contribution in [0.2, 0.25) is 10.0 Å². The summed E-state index contributed by atoms with van der Waals surface area (Å²) in [4.78, 5) is 18.8. The Morgan fingerprint density at radius 2 is 2.07 bits per heavy atom. The van der Waals surface area contributed by atoms with Gasteiger partial charge in [0.25, 0.3) is 0 Å². The minimum atomic E-state index is -0.520. The first-order valence-corrected chi connectivity index (χ1v) is 10.6. The van der Waals surface area contributed by atoms with Crippen LogP contribution in [0, 0.1) is 12.3 Å². The van der Waals surface area contributed by atoms with E-state index in [1.807, 2.05) is 44.7 Å². The number of amides is 1. The van der Waals surface area contributed by atoms with Crippen LogP contribution in [0.25, 0.3) is 0 Å². The first kappa shape index (κ1) is 20.5. The lowest BCUT2D eigenvalue weighted by molar-refractivity contribution is 0.0135. The monoisotopic (exact) mass is 436 g/mol. The van der Waals surface area contributed by atoms with Gasteiger partial charge in [-0.05, 0) is 58.2 Å². The highest BCUT2D eigenvalue weighted by Crippen LogP contribution is 2.70. The molecular weight excluding hydrogens is 411 g/mol. The third kappa shape index (κ3) is 3.64. The zero-order valence-electron chi connectivity index (χ0n) is 17.2. The van der Waals surface area contributed by atoms with Crippen LogP contribution in [0.3, 0.4) is 0 Å². The highest BCUT2D eigenvalue weighted by atomic mass is 35.5. The Morgan fingerprint density at radius 3 is 2.69 bits per heavy atom. The van der Waals surface area contributed by atoms with Crippen molar-refractivity contribution >= 4 is 29.3 Å². The van der Waals surface area contributed by atoms with E-state index in [0.717, 1.165) is 30.7 Å². The molecule has 2 atom stereocenters. The fourth-order valence-corrected chi connectivity index (χ4v) is 5.08. The molecule has 1 aliphatic carbocycles. The molecule has 2 unspecified atom stereocenters. The molecule has 1 saturated heterocycles. The summed E-state index contributed by atoms with van der Waals surface area (Å²) in [5.41, 5.74) is 1.35. The fourth-order valence-electron chi connectivity index (χ4n) is 4.78. The molecule has 5 nitrogen and oxygen atoms in total. The van der Waals surface area contributed by atoms with Crippen molar-refractivity contribution in [2.45, 2.75) is 58.0 Å². The van der Waals surface area contributed by atoms with Crippen molar-refractivity contribution in [2.24, 2.45) is 5.41 Å². The normalized spacial score (nSPS) is 26.2. The minimum Gasteiger partial charge on any atom is -0.448 e.